The van der Waals surface area contributed by atoms with E-state index in [-0.39, 0.29) is 15.5 Å². The van der Waals surface area contributed by atoms with E-state index in [2.05, 4.69) is 9.46 Å². The second-order valence-corrected chi connectivity index (χ2v) is 7.96. The largest absolute Gasteiger partial charge is 0.465 e. The number of carbonyl (C=O) groups is 1. The number of ether oxygens (including phenoxy) is 1. The highest BCUT2D eigenvalue weighted by molar-refractivity contribution is 7.89. The first-order valence-corrected chi connectivity index (χ1v) is 9.49. The van der Waals surface area contributed by atoms with Crippen LogP contribution in [0.15, 0.2) is 41.3 Å². The molecule has 0 radical (unpaired) electrons. The normalized spacial score (nSPS) is 12.7. The van der Waals surface area contributed by atoms with Crippen molar-refractivity contribution in [3.63, 3.8) is 0 Å². The number of hydrogen-bond acceptors (Lipinski definition) is 4. The summed E-state index contributed by atoms with van der Waals surface area (Å²) in [6.45, 7) is 5.69. The van der Waals surface area contributed by atoms with Crippen LogP contribution in [0.5, 0.6) is 0 Å². The quantitative estimate of drug-likeness (QED) is 0.800. The minimum absolute atomic E-state index is 0.00575. The van der Waals surface area contributed by atoms with Gasteiger partial charge in [0.1, 0.15) is 0 Å². The minimum Gasteiger partial charge on any atom is -0.465 e. The van der Waals surface area contributed by atoms with Gasteiger partial charge < -0.3 is 4.74 Å². The van der Waals surface area contributed by atoms with Gasteiger partial charge in [-0.2, -0.15) is 0 Å². The van der Waals surface area contributed by atoms with Gasteiger partial charge in [-0.25, -0.2) is 17.9 Å². The average Bonchev–Trinajstić information content (AvgIpc) is 2.53. The molecule has 0 saturated heterocycles. The van der Waals surface area contributed by atoms with Crippen LogP contribution >= 0.6 is 11.6 Å². The summed E-state index contributed by atoms with van der Waals surface area (Å²) in [6.07, 6.45) is 0. The lowest BCUT2D eigenvalue weighted by Gasteiger charge is -2.17. The van der Waals surface area contributed by atoms with Gasteiger partial charge >= 0.3 is 5.97 Å². The number of hydrogen-bond donors (Lipinski definition) is 1. The molecule has 0 aromatic heterocycles. The Morgan fingerprint density at radius 2 is 1.84 bits per heavy atom. The van der Waals surface area contributed by atoms with Crippen molar-refractivity contribution >= 4 is 27.6 Å². The number of halogens is 1. The van der Waals surface area contributed by atoms with E-state index in [0.29, 0.717) is 0 Å². The number of methoxy groups -OCH3 is 1. The van der Waals surface area contributed by atoms with Crippen LogP contribution < -0.4 is 4.72 Å². The van der Waals surface area contributed by atoms with Crippen LogP contribution in [-0.4, -0.2) is 21.5 Å². The standard InChI is InChI=1S/C18H20ClNO4S/c1-11-5-7-15(12(2)9-11)13(3)20-25(22,23)14-6-8-17(19)16(10-14)18(21)24-4/h5-10,13,20H,1-4H3/t13-/m0/s1. The molecule has 0 heterocycles. The monoisotopic (exact) mass is 381 g/mol. The fourth-order valence-corrected chi connectivity index (χ4v) is 4.06. The van der Waals surface area contributed by atoms with Crippen molar-refractivity contribution in [1.82, 2.24) is 4.72 Å². The van der Waals surface area contributed by atoms with Gasteiger partial charge in [-0.3, -0.25) is 0 Å². The van der Waals surface area contributed by atoms with Crippen molar-refractivity contribution in [1.29, 1.82) is 0 Å². The van der Waals surface area contributed by atoms with Gasteiger partial charge in [0, 0.05) is 6.04 Å². The Balaban J connectivity index is 2.34. The minimum atomic E-state index is -3.83. The summed E-state index contributed by atoms with van der Waals surface area (Å²) in [5.41, 5.74) is 3.00. The molecule has 0 aliphatic rings. The highest BCUT2D eigenvalue weighted by atomic mass is 35.5. The van der Waals surface area contributed by atoms with Crippen LogP contribution in [0.2, 0.25) is 5.02 Å². The van der Waals surface area contributed by atoms with E-state index < -0.39 is 22.0 Å². The number of carbonyl (C=O) groups excluding carboxylic acids is 1. The summed E-state index contributed by atoms with van der Waals surface area (Å²) < 4.78 is 32.6. The van der Waals surface area contributed by atoms with Crippen molar-refractivity contribution in [3.8, 4) is 0 Å². The third-order valence-corrected chi connectivity index (χ3v) is 5.75. The number of aryl methyl sites for hydroxylation is 2. The van der Waals surface area contributed by atoms with E-state index in [1.807, 2.05) is 32.0 Å². The zero-order valence-corrected chi connectivity index (χ0v) is 16.0. The van der Waals surface area contributed by atoms with Crippen LogP contribution in [0.25, 0.3) is 0 Å². The van der Waals surface area contributed by atoms with Crippen molar-refractivity contribution in [2.24, 2.45) is 0 Å². The number of rotatable bonds is 5. The molecule has 0 bridgehead atoms. The fourth-order valence-electron chi connectivity index (χ4n) is 2.61. The average molecular weight is 382 g/mol. The molecule has 0 unspecified atom stereocenters. The maximum Gasteiger partial charge on any atom is 0.339 e. The Bertz CT molecular complexity index is 909. The van der Waals surface area contributed by atoms with Crippen molar-refractivity contribution in [2.45, 2.75) is 31.7 Å². The lowest BCUT2D eigenvalue weighted by atomic mass is 10.0. The Labute approximate surface area is 153 Å². The number of sulfonamides is 1. The second kappa shape index (κ2) is 7.56. The van der Waals surface area contributed by atoms with Crippen LogP contribution in [0.3, 0.4) is 0 Å². The van der Waals surface area contributed by atoms with E-state index in [1.54, 1.807) is 6.92 Å². The molecule has 0 spiro atoms. The van der Waals surface area contributed by atoms with Gasteiger partial charge in [0.05, 0.1) is 22.6 Å². The fraction of sp³-hybridized carbons (Fsp3) is 0.278. The van der Waals surface area contributed by atoms with Crippen molar-refractivity contribution in [3.05, 3.63) is 63.7 Å². The lowest BCUT2D eigenvalue weighted by molar-refractivity contribution is 0.0600. The molecular weight excluding hydrogens is 362 g/mol. The van der Waals surface area contributed by atoms with Crippen LogP contribution in [0, 0.1) is 13.8 Å². The van der Waals surface area contributed by atoms with E-state index in [0.717, 1.165) is 16.7 Å². The van der Waals surface area contributed by atoms with Crippen LogP contribution in [-0.2, 0) is 14.8 Å². The Morgan fingerprint density at radius 1 is 1.16 bits per heavy atom. The Morgan fingerprint density at radius 3 is 2.44 bits per heavy atom. The van der Waals surface area contributed by atoms with Crippen molar-refractivity contribution in [2.75, 3.05) is 7.11 Å². The Kier molecular flexibility index (Phi) is 5.87. The topological polar surface area (TPSA) is 72.5 Å². The molecule has 0 fully saturated rings. The molecule has 1 atom stereocenters. The predicted octanol–water partition coefficient (Wildman–Crippen LogP) is 3.78. The number of esters is 1. The predicted molar refractivity (Wildman–Crippen MR) is 97.4 cm³/mol. The molecular formula is C18H20ClNO4S. The molecule has 134 valence electrons. The maximum atomic E-state index is 12.7. The van der Waals surface area contributed by atoms with Gasteiger partial charge in [0.2, 0.25) is 10.0 Å². The summed E-state index contributed by atoms with van der Waals surface area (Å²) in [7, 11) is -2.62. The third-order valence-electron chi connectivity index (χ3n) is 3.88. The highest BCUT2D eigenvalue weighted by Crippen LogP contribution is 2.24. The van der Waals surface area contributed by atoms with E-state index in [9.17, 15) is 13.2 Å². The molecule has 5 nitrogen and oxygen atoms in total. The van der Waals surface area contributed by atoms with E-state index in [4.69, 9.17) is 11.6 Å². The Hall–Kier alpha value is -1.89. The first-order chi connectivity index (χ1) is 11.7. The maximum absolute atomic E-state index is 12.7. The molecule has 7 heteroatoms. The lowest BCUT2D eigenvalue weighted by Crippen LogP contribution is -2.27. The molecule has 2 aromatic rings. The molecule has 2 aromatic carbocycles. The van der Waals surface area contributed by atoms with Gasteiger partial charge in [-0.05, 0) is 50.1 Å². The third kappa shape index (κ3) is 4.39. The van der Waals surface area contributed by atoms with E-state index >= 15 is 0 Å². The SMILES string of the molecule is COC(=O)c1cc(S(=O)(=O)N[C@@H](C)c2ccc(C)cc2C)ccc1Cl. The summed E-state index contributed by atoms with van der Waals surface area (Å²) >= 11 is 5.94. The van der Waals surface area contributed by atoms with Crippen LogP contribution in [0.4, 0.5) is 0 Å². The molecule has 2 rings (SSSR count). The number of nitrogens with one attached hydrogen (secondary N) is 1. The first kappa shape index (κ1) is 19.4. The van der Waals surface area contributed by atoms with Crippen molar-refractivity contribution < 1.29 is 17.9 Å². The number of benzene rings is 2. The summed E-state index contributed by atoms with van der Waals surface area (Å²) in [5.74, 6) is -0.690. The van der Waals surface area contributed by atoms with Gasteiger partial charge in [0.25, 0.3) is 0 Å². The first-order valence-electron chi connectivity index (χ1n) is 7.63. The zero-order chi connectivity index (χ0) is 18.8. The van der Waals surface area contributed by atoms with Gasteiger partial charge in [-0.1, -0.05) is 35.4 Å². The van der Waals surface area contributed by atoms with E-state index in [1.165, 1.54) is 25.3 Å². The molecule has 0 aliphatic heterocycles. The van der Waals surface area contributed by atoms with Crippen LogP contribution in [0.1, 0.15) is 40.0 Å². The molecule has 0 amide bonds. The molecule has 0 aliphatic carbocycles. The molecule has 1 N–H and O–H groups in total. The molecule has 0 saturated carbocycles. The smallest absolute Gasteiger partial charge is 0.339 e. The second-order valence-electron chi connectivity index (χ2n) is 5.84. The zero-order valence-electron chi connectivity index (χ0n) is 14.5. The summed E-state index contributed by atoms with van der Waals surface area (Å²) in [4.78, 5) is 11.7. The highest BCUT2D eigenvalue weighted by Gasteiger charge is 2.22. The van der Waals surface area contributed by atoms with Gasteiger partial charge in [-0.15, -0.1) is 0 Å². The summed E-state index contributed by atoms with van der Waals surface area (Å²) in [6, 6.07) is 9.34. The summed E-state index contributed by atoms with van der Waals surface area (Å²) in [5, 5.41) is 0.133. The molecule has 25 heavy (non-hydrogen) atoms. The van der Waals surface area contributed by atoms with Gasteiger partial charge in [0.15, 0.2) is 0 Å².